The molecular weight excluding hydrogens is 312 g/mol. The van der Waals surface area contributed by atoms with Crippen molar-refractivity contribution >= 4 is 36.2 Å². The van der Waals surface area contributed by atoms with Crippen LogP contribution in [-0.2, 0) is 6.18 Å². The van der Waals surface area contributed by atoms with Crippen molar-refractivity contribution in [3.8, 4) is 0 Å². The van der Waals surface area contributed by atoms with E-state index in [1.165, 1.54) is 12.1 Å². The Hall–Kier alpha value is -0.810. The first-order valence-electron chi connectivity index (χ1n) is 6.09. The molecule has 1 aliphatic heterocycles. The van der Waals surface area contributed by atoms with Crippen LogP contribution in [0.1, 0.15) is 25.3 Å². The van der Waals surface area contributed by atoms with Gasteiger partial charge in [0.15, 0.2) is 0 Å². The third-order valence-electron chi connectivity index (χ3n) is 3.45. The number of halogens is 5. The second kappa shape index (κ2) is 7.27. The number of benzene rings is 1. The summed E-state index contributed by atoms with van der Waals surface area (Å²) < 4.78 is 38.9. The van der Waals surface area contributed by atoms with Gasteiger partial charge in [-0.05, 0) is 37.0 Å². The minimum Gasteiger partial charge on any atom is -0.399 e. The highest BCUT2D eigenvalue weighted by Gasteiger charge is 2.35. The Labute approximate surface area is 129 Å². The second-order valence-electron chi connectivity index (χ2n) is 4.94. The van der Waals surface area contributed by atoms with E-state index in [1.807, 2.05) is 4.90 Å². The van der Waals surface area contributed by atoms with Gasteiger partial charge in [-0.15, -0.1) is 24.8 Å². The van der Waals surface area contributed by atoms with Crippen LogP contribution in [-0.4, -0.2) is 13.1 Å². The first kappa shape index (κ1) is 19.2. The van der Waals surface area contributed by atoms with E-state index in [9.17, 15) is 13.2 Å². The average molecular weight is 331 g/mol. The van der Waals surface area contributed by atoms with Gasteiger partial charge in [-0.3, -0.25) is 0 Å². The zero-order chi connectivity index (χ0) is 13.3. The van der Waals surface area contributed by atoms with E-state index in [0.29, 0.717) is 19.0 Å². The number of alkyl halides is 3. The molecule has 0 aromatic heterocycles. The normalized spacial score (nSPS) is 16.3. The molecule has 2 rings (SSSR count). The van der Waals surface area contributed by atoms with Crippen molar-refractivity contribution in [1.29, 1.82) is 0 Å². The molecule has 1 aliphatic rings. The quantitative estimate of drug-likeness (QED) is 0.775. The van der Waals surface area contributed by atoms with Crippen LogP contribution in [0, 0.1) is 5.92 Å². The summed E-state index contributed by atoms with van der Waals surface area (Å²) in [5, 5.41) is 0. The Bertz CT molecular complexity index is 430. The minimum atomic E-state index is -4.35. The summed E-state index contributed by atoms with van der Waals surface area (Å²) in [6.45, 7) is 3.48. The van der Waals surface area contributed by atoms with Crippen molar-refractivity contribution in [3.63, 3.8) is 0 Å². The van der Waals surface area contributed by atoms with Crippen molar-refractivity contribution in [2.75, 3.05) is 23.7 Å². The largest absolute Gasteiger partial charge is 0.418 e. The summed E-state index contributed by atoms with van der Waals surface area (Å²) in [4.78, 5) is 1.81. The van der Waals surface area contributed by atoms with Crippen LogP contribution in [0.3, 0.4) is 0 Å². The van der Waals surface area contributed by atoms with Crippen molar-refractivity contribution in [1.82, 2.24) is 0 Å². The van der Waals surface area contributed by atoms with E-state index in [2.05, 4.69) is 6.92 Å². The van der Waals surface area contributed by atoms with Crippen LogP contribution in [0.4, 0.5) is 24.5 Å². The van der Waals surface area contributed by atoms with E-state index < -0.39 is 11.7 Å². The number of hydrogen-bond acceptors (Lipinski definition) is 2. The summed E-state index contributed by atoms with van der Waals surface area (Å²) in [7, 11) is 0. The minimum absolute atomic E-state index is 0. The van der Waals surface area contributed by atoms with Gasteiger partial charge in [0.1, 0.15) is 0 Å². The highest BCUT2D eigenvalue weighted by Crippen LogP contribution is 2.38. The molecular formula is C13H19Cl2F3N2. The molecule has 0 spiro atoms. The molecule has 116 valence electrons. The van der Waals surface area contributed by atoms with Crippen molar-refractivity contribution in [3.05, 3.63) is 23.8 Å². The first-order chi connectivity index (χ1) is 8.38. The number of hydrogen-bond donors (Lipinski definition) is 1. The molecule has 0 aliphatic carbocycles. The Balaban J connectivity index is 0.00000180. The van der Waals surface area contributed by atoms with Gasteiger partial charge in [-0.1, -0.05) is 6.92 Å². The van der Waals surface area contributed by atoms with Crippen LogP contribution >= 0.6 is 24.8 Å². The average Bonchev–Trinajstić information content (AvgIpc) is 2.29. The van der Waals surface area contributed by atoms with Crippen LogP contribution in [0.25, 0.3) is 0 Å². The lowest BCUT2D eigenvalue weighted by atomic mass is 9.98. The van der Waals surface area contributed by atoms with Crippen molar-refractivity contribution in [2.45, 2.75) is 25.9 Å². The van der Waals surface area contributed by atoms with Gasteiger partial charge in [-0.2, -0.15) is 13.2 Å². The lowest BCUT2D eigenvalue weighted by molar-refractivity contribution is -0.137. The fraction of sp³-hybridized carbons (Fsp3) is 0.538. The van der Waals surface area contributed by atoms with Gasteiger partial charge in [-0.25, -0.2) is 0 Å². The van der Waals surface area contributed by atoms with Crippen LogP contribution < -0.4 is 10.6 Å². The third-order valence-corrected chi connectivity index (χ3v) is 3.45. The van der Waals surface area contributed by atoms with Gasteiger partial charge >= 0.3 is 6.18 Å². The summed E-state index contributed by atoms with van der Waals surface area (Å²) in [6, 6.07) is 4.03. The molecule has 0 bridgehead atoms. The molecule has 7 heteroatoms. The topological polar surface area (TPSA) is 29.3 Å². The maximum atomic E-state index is 13.0. The van der Waals surface area contributed by atoms with E-state index in [1.54, 1.807) is 0 Å². The van der Waals surface area contributed by atoms with Gasteiger partial charge in [0.2, 0.25) is 0 Å². The van der Waals surface area contributed by atoms with Gasteiger partial charge in [0, 0.05) is 24.5 Å². The smallest absolute Gasteiger partial charge is 0.399 e. The molecule has 1 saturated heterocycles. The predicted molar refractivity (Wildman–Crippen MR) is 81.0 cm³/mol. The molecule has 1 aromatic carbocycles. The van der Waals surface area contributed by atoms with E-state index >= 15 is 0 Å². The number of nitrogens with two attached hydrogens (primary N) is 1. The maximum absolute atomic E-state index is 13.0. The monoisotopic (exact) mass is 330 g/mol. The molecule has 0 unspecified atom stereocenters. The molecule has 2 N–H and O–H groups in total. The molecule has 0 amide bonds. The number of nitrogens with zero attached hydrogens (tertiary/aromatic N) is 1. The SMILES string of the molecule is CC1CCN(c2ccc(N)cc2C(F)(F)F)CC1.Cl.Cl. The molecule has 0 radical (unpaired) electrons. The summed E-state index contributed by atoms with van der Waals surface area (Å²) >= 11 is 0. The Morgan fingerprint density at radius 1 is 1.15 bits per heavy atom. The lowest BCUT2D eigenvalue weighted by Gasteiger charge is -2.33. The fourth-order valence-electron chi connectivity index (χ4n) is 2.31. The lowest BCUT2D eigenvalue weighted by Crippen LogP contribution is -2.34. The van der Waals surface area contributed by atoms with Crippen LogP contribution in [0.2, 0.25) is 0 Å². The van der Waals surface area contributed by atoms with Crippen molar-refractivity contribution < 1.29 is 13.2 Å². The Morgan fingerprint density at radius 3 is 2.20 bits per heavy atom. The van der Waals surface area contributed by atoms with E-state index in [-0.39, 0.29) is 36.2 Å². The third kappa shape index (κ3) is 4.35. The zero-order valence-corrected chi connectivity index (χ0v) is 12.7. The molecule has 0 saturated carbocycles. The second-order valence-corrected chi connectivity index (χ2v) is 4.94. The maximum Gasteiger partial charge on any atom is 0.418 e. The number of piperidine rings is 1. The number of rotatable bonds is 1. The predicted octanol–water partition coefficient (Wildman–Crippen LogP) is 4.37. The van der Waals surface area contributed by atoms with E-state index in [4.69, 9.17) is 5.73 Å². The van der Waals surface area contributed by atoms with Gasteiger partial charge in [0.25, 0.3) is 0 Å². The molecule has 20 heavy (non-hydrogen) atoms. The summed E-state index contributed by atoms with van der Waals surface area (Å²) in [5.41, 5.74) is 5.23. The Kier molecular flexibility index (Phi) is 6.98. The summed E-state index contributed by atoms with van der Waals surface area (Å²) in [6.07, 6.45) is -2.49. The first-order valence-corrected chi connectivity index (χ1v) is 6.09. The highest BCUT2D eigenvalue weighted by molar-refractivity contribution is 5.85. The van der Waals surface area contributed by atoms with E-state index in [0.717, 1.165) is 18.9 Å². The highest BCUT2D eigenvalue weighted by atomic mass is 35.5. The van der Waals surface area contributed by atoms with Gasteiger partial charge < -0.3 is 10.6 Å². The molecule has 1 heterocycles. The number of nitrogen functional groups attached to an aromatic ring is 1. The number of anilines is 2. The van der Waals surface area contributed by atoms with Crippen LogP contribution in [0.5, 0.6) is 0 Å². The van der Waals surface area contributed by atoms with Gasteiger partial charge in [0.05, 0.1) is 5.56 Å². The molecule has 0 atom stereocenters. The summed E-state index contributed by atoms with van der Waals surface area (Å²) in [5.74, 6) is 0.587. The van der Waals surface area contributed by atoms with Crippen molar-refractivity contribution in [2.24, 2.45) is 5.92 Å². The Morgan fingerprint density at radius 2 is 1.70 bits per heavy atom. The standard InChI is InChI=1S/C13H17F3N2.2ClH/c1-9-4-6-18(7-5-9)12-3-2-10(17)8-11(12)13(14,15)16;;/h2-3,8-9H,4-7,17H2,1H3;2*1H. The van der Waals surface area contributed by atoms with Crippen LogP contribution in [0.15, 0.2) is 18.2 Å². The molecule has 1 fully saturated rings. The molecule has 2 nitrogen and oxygen atoms in total. The molecule has 1 aromatic rings. The fourth-order valence-corrected chi connectivity index (χ4v) is 2.31. The zero-order valence-electron chi connectivity index (χ0n) is 11.1.